The van der Waals surface area contributed by atoms with Crippen LogP contribution in [-0.4, -0.2) is 33.6 Å². The molecule has 1 heterocycles. The lowest BCUT2D eigenvalue weighted by Crippen LogP contribution is -2.36. The Hall–Kier alpha value is -1.43. The van der Waals surface area contributed by atoms with Gasteiger partial charge >= 0.3 is 0 Å². The second-order valence-corrected chi connectivity index (χ2v) is 6.20. The van der Waals surface area contributed by atoms with Gasteiger partial charge in [0.2, 0.25) is 0 Å². The van der Waals surface area contributed by atoms with Crippen molar-refractivity contribution in [2.24, 2.45) is 0 Å². The van der Waals surface area contributed by atoms with E-state index in [4.69, 9.17) is 0 Å². The van der Waals surface area contributed by atoms with Crippen molar-refractivity contribution < 1.29 is 9.72 Å². The largest absolute Gasteiger partial charge is 0.335 e. The van der Waals surface area contributed by atoms with Gasteiger partial charge in [0.15, 0.2) is 0 Å². The molecule has 1 fully saturated rings. The maximum Gasteiger partial charge on any atom is 0.282 e. The Labute approximate surface area is 132 Å². The fourth-order valence-corrected chi connectivity index (χ4v) is 3.17. The average Bonchev–Trinajstić information content (AvgIpc) is 2.92. The Morgan fingerprint density at radius 1 is 1.52 bits per heavy atom. The molecule has 1 saturated heterocycles. The summed E-state index contributed by atoms with van der Waals surface area (Å²) in [5, 5.41) is 12.0. The molecular formula is C15H19BrN2O3. The minimum atomic E-state index is -0.476. The number of halogens is 1. The predicted octanol–water partition coefficient (Wildman–Crippen LogP) is 3.68. The van der Waals surface area contributed by atoms with Gasteiger partial charge in [-0.25, -0.2) is 0 Å². The number of likely N-dealkylation sites (tertiary alicyclic amines) is 1. The van der Waals surface area contributed by atoms with Gasteiger partial charge in [-0.15, -0.1) is 0 Å². The molecule has 0 radical (unpaired) electrons. The molecule has 2 rings (SSSR count). The molecule has 21 heavy (non-hydrogen) atoms. The van der Waals surface area contributed by atoms with E-state index in [-0.39, 0.29) is 23.2 Å². The third-order valence-electron chi connectivity index (χ3n) is 3.89. The molecule has 1 aromatic carbocycles. The van der Waals surface area contributed by atoms with E-state index in [9.17, 15) is 14.9 Å². The molecule has 5 nitrogen and oxygen atoms in total. The predicted molar refractivity (Wildman–Crippen MR) is 84.9 cm³/mol. The first-order chi connectivity index (χ1) is 10.0. The van der Waals surface area contributed by atoms with Gasteiger partial charge in [-0.1, -0.05) is 22.0 Å². The highest BCUT2D eigenvalue weighted by atomic mass is 79.9. The van der Waals surface area contributed by atoms with Crippen LogP contribution < -0.4 is 0 Å². The van der Waals surface area contributed by atoms with Gasteiger partial charge in [-0.05, 0) is 44.2 Å². The lowest BCUT2D eigenvalue weighted by Gasteiger charge is -2.24. The smallest absolute Gasteiger partial charge is 0.282 e. The summed E-state index contributed by atoms with van der Waals surface area (Å²) in [6.07, 6.45) is 3.90. The van der Waals surface area contributed by atoms with Crippen LogP contribution in [0.3, 0.4) is 0 Å². The topological polar surface area (TPSA) is 63.5 Å². The molecule has 114 valence electrons. The fraction of sp³-hybridized carbons (Fsp3) is 0.533. The van der Waals surface area contributed by atoms with Crippen LogP contribution in [0.25, 0.3) is 0 Å². The minimum Gasteiger partial charge on any atom is -0.335 e. The molecule has 1 amide bonds. The SMILES string of the molecule is Cc1ccc([N+](=O)[O-])c(C(=O)N2CCCC2CCCBr)c1. The molecule has 1 unspecified atom stereocenters. The summed E-state index contributed by atoms with van der Waals surface area (Å²) < 4.78 is 0. The zero-order valence-corrected chi connectivity index (χ0v) is 13.6. The number of nitro benzene ring substituents is 1. The van der Waals surface area contributed by atoms with Crippen molar-refractivity contribution in [1.82, 2.24) is 4.90 Å². The summed E-state index contributed by atoms with van der Waals surface area (Å²) >= 11 is 3.41. The van der Waals surface area contributed by atoms with Crippen molar-refractivity contribution in [1.29, 1.82) is 0 Å². The zero-order chi connectivity index (χ0) is 15.4. The Kier molecular flexibility index (Phi) is 5.33. The second-order valence-electron chi connectivity index (χ2n) is 5.40. The zero-order valence-electron chi connectivity index (χ0n) is 12.0. The van der Waals surface area contributed by atoms with Crippen LogP contribution in [0.15, 0.2) is 18.2 Å². The van der Waals surface area contributed by atoms with Gasteiger partial charge in [0.05, 0.1) is 4.92 Å². The summed E-state index contributed by atoms with van der Waals surface area (Å²) in [5.74, 6) is -0.206. The highest BCUT2D eigenvalue weighted by Gasteiger charge is 2.32. The van der Waals surface area contributed by atoms with E-state index in [1.54, 1.807) is 12.1 Å². The number of amides is 1. The first-order valence-electron chi connectivity index (χ1n) is 7.16. The number of benzene rings is 1. The van der Waals surface area contributed by atoms with E-state index in [1.165, 1.54) is 6.07 Å². The summed E-state index contributed by atoms with van der Waals surface area (Å²) in [7, 11) is 0. The normalized spacial score (nSPS) is 18.0. The molecule has 0 spiro atoms. The number of carbonyl (C=O) groups excluding carboxylic acids is 1. The quantitative estimate of drug-likeness (QED) is 0.460. The number of nitrogens with zero attached hydrogens (tertiary/aromatic N) is 2. The van der Waals surface area contributed by atoms with Gasteiger partial charge in [-0.2, -0.15) is 0 Å². The Balaban J connectivity index is 2.26. The van der Waals surface area contributed by atoms with Crippen LogP contribution in [0.5, 0.6) is 0 Å². The minimum absolute atomic E-state index is 0.100. The van der Waals surface area contributed by atoms with Crippen LogP contribution in [0, 0.1) is 17.0 Å². The standard InChI is InChI=1S/C15H19BrN2O3/c1-11-6-7-14(18(20)21)13(10-11)15(19)17-9-3-5-12(17)4-2-8-16/h6-7,10,12H,2-5,8-9H2,1H3. The molecule has 0 bridgehead atoms. The maximum absolute atomic E-state index is 12.7. The lowest BCUT2D eigenvalue weighted by molar-refractivity contribution is -0.385. The molecule has 1 aliphatic heterocycles. The molecule has 1 atom stereocenters. The second kappa shape index (κ2) is 7.02. The third-order valence-corrected chi connectivity index (χ3v) is 4.45. The number of hydrogen-bond acceptors (Lipinski definition) is 3. The lowest BCUT2D eigenvalue weighted by atomic mass is 10.1. The van der Waals surface area contributed by atoms with Crippen molar-refractivity contribution in [3.05, 3.63) is 39.4 Å². The molecule has 1 aliphatic rings. The number of rotatable bonds is 5. The number of hydrogen-bond donors (Lipinski definition) is 0. The summed E-state index contributed by atoms with van der Waals surface area (Å²) in [4.78, 5) is 25.2. The fourth-order valence-electron chi connectivity index (χ4n) is 2.85. The summed E-state index contributed by atoms with van der Waals surface area (Å²) in [6.45, 7) is 2.53. The summed E-state index contributed by atoms with van der Waals surface area (Å²) in [5.41, 5.74) is 0.975. The number of alkyl halides is 1. The van der Waals surface area contributed by atoms with E-state index in [2.05, 4.69) is 15.9 Å². The van der Waals surface area contributed by atoms with Crippen LogP contribution in [0.2, 0.25) is 0 Å². The molecule has 1 aromatic rings. The molecule has 0 aliphatic carbocycles. The Morgan fingerprint density at radius 2 is 2.29 bits per heavy atom. The van der Waals surface area contributed by atoms with E-state index in [0.29, 0.717) is 6.54 Å². The van der Waals surface area contributed by atoms with Crippen LogP contribution in [0.1, 0.15) is 41.6 Å². The highest BCUT2D eigenvalue weighted by molar-refractivity contribution is 9.09. The van der Waals surface area contributed by atoms with E-state index in [1.807, 2.05) is 11.8 Å². The van der Waals surface area contributed by atoms with E-state index >= 15 is 0 Å². The third kappa shape index (κ3) is 3.61. The number of nitro groups is 1. The van der Waals surface area contributed by atoms with Gasteiger partial charge < -0.3 is 4.90 Å². The number of aryl methyl sites for hydroxylation is 1. The molecule has 0 saturated carbocycles. The maximum atomic E-state index is 12.7. The van der Waals surface area contributed by atoms with Crippen LogP contribution in [-0.2, 0) is 0 Å². The number of carbonyl (C=O) groups is 1. The van der Waals surface area contributed by atoms with Crippen molar-refractivity contribution in [3.63, 3.8) is 0 Å². The molecule has 0 aromatic heterocycles. The van der Waals surface area contributed by atoms with Gasteiger partial charge in [0.1, 0.15) is 5.56 Å². The first kappa shape index (κ1) is 15.9. The monoisotopic (exact) mass is 354 g/mol. The van der Waals surface area contributed by atoms with E-state index < -0.39 is 4.92 Å². The van der Waals surface area contributed by atoms with Gasteiger partial charge in [-0.3, -0.25) is 14.9 Å². The van der Waals surface area contributed by atoms with Crippen molar-refractivity contribution in [2.75, 3.05) is 11.9 Å². The Bertz CT molecular complexity index is 548. The Morgan fingerprint density at radius 3 is 2.95 bits per heavy atom. The summed E-state index contributed by atoms with van der Waals surface area (Å²) in [6, 6.07) is 4.92. The molecule has 6 heteroatoms. The van der Waals surface area contributed by atoms with E-state index in [0.717, 1.165) is 36.6 Å². The average molecular weight is 355 g/mol. The molecular weight excluding hydrogens is 336 g/mol. The van der Waals surface area contributed by atoms with Crippen LogP contribution in [0.4, 0.5) is 5.69 Å². The van der Waals surface area contributed by atoms with Crippen molar-refractivity contribution in [2.45, 2.75) is 38.6 Å². The highest BCUT2D eigenvalue weighted by Crippen LogP contribution is 2.28. The van der Waals surface area contributed by atoms with Gasteiger partial charge in [0, 0.05) is 24.0 Å². The molecule has 0 N–H and O–H groups in total. The van der Waals surface area contributed by atoms with Crippen LogP contribution >= 0.6 is 15.9 Å². The van der Waals surface area contributed by atoms with Crippen molar-refractivity contribution >= 4 is 27.5 Å². The van der Waals surface area contributed by atoms with Crippen molar-refractivity contribution in [3.8, 4) is 0 Å². The first-order valence-corrected chi connectivity index (χ1v) is 8.28. The van der Waals surface area contributed by atoms with Gasteiger partial charge in [0.25, 0.3) is 11.6 Å².